The smallest absolute Gasteiger partial charge is 0.178 e. The highest BCUT2D eigenvalue weighted by Gasteiger charge is 2.13. The fourth-order valence-electron chi connectivity index (χ4n) is 1.03. The molecule has 0 atom stereocenters. The average Bonchev–Trinajstić information content (AvgIpc) is 2.07. The highest BCUT2D eigenvalue weighted by Crippen LogP contribution is 2.16. The van der Waals surface area contributed by atoms with Crippen LogP contribution in [0.4, 0.5) is 4.39 Å². The van der Waals surface area contributed by atoms with Gasteiger partial charge in [0.1, 0.15) is 10.7 Å². The molecule has 0 aliphatic heterocycles. The topological polar surface area (TPSA) is 57.9 Å². The van der Waals surface area contributed by atoms with Crippen LogP contribution in [0.3, 0.4) is 0 Å². The number of sulfone groups is 1. The molecule has 0 aliphatic carbocycles. The summed E-state index contributed by atoms with van der Waals surface area (Å²) >= 11 is 0. The third kappa shape index (κ3) is 2.30. The van der Waals surface area contributed by atoms with Gasteiger partial charge in [-0.2, -0.15) is 5.26 Å². The third-order valence-electron chi connectivity index (χ3n) is 1.68. The maximum atomic E-state index is 13.0. The number of benzene rings is 1. The zero-order valence-corrected chi connectivity index (χ0v) is 8.31. The van der Waals surface area contributed by atoms with Crippen LogP contribution in [-0.4, -0.2) is 14.7 Å². The van der Waals surface area contributed by atoms with E-state index >= 15 is 0 Å². The van der Waals surface area contributed by atoms with E-state index in [0.717, 1.165) is 12.3 Å². The maximum absolute atomic E-state index is 13.0. The summed E-state index contributed by atoms with van der Waals surface area (Å²) in [5.41, 5.74) is 0.495. The molecule has 0 heterocycles. The van der Waals surface area contributed by atoms with Crippen LogP contribution >= 0.6 is 0 Å². The van der Waals surface area contributed by atoms with Gasteiger partial charge in [-0.05, 0) is 17.7 Å². The van der Waals surface area contributed by atoms with Crippen molar-refractivity contribution in [3.63, 3.8) is 0 Å². The lowest BCUT2D eigenvalue weighted by atomic mass is 10.2. The Balaban J connectivity index is 3.31. The molecule has 0 saturated heterocycles. The van der Waals surface area contributed by atoms with Gasteiger partial charge in [-0.3, -0.25) is 0 Å². The van der Waals surface area contributed by atoms with Gasteiger partial charge in [0.15, 0.2) is 9.84 Å². The second kappa shape index (κ2) is 3.76. The Morgan fingerprint density at radius 2 is 2.14 bits per heavy atom. The number of hydrogen-bond donors (Lipinski definition) is 0. The second-order valence-corrected chi connectivity index (χ2v) is 4.86. The molecule has 1 rings (SSSR count). The van der Waals surface area contributed by atoms with Crippen LogP contribution in [0.5, 0.6) is 0 Å². The van der Waals surface area contributed by atoms with Crippen molar-refractivity contribution in [3.8, 4) is 6.07 Å². The lowest BCUT2D eigenvalue weighted by Gasteiger charge is -2.01. The molecular weight excluding hydrogens is 205 g/mol. The first-order valence-electron chi connectivity index (χ1n) is 3.80. The van der Waals surface area contributed by atoms with Crippen LogP contribution in [0.1, 0.15) is 5.56 Å². The van der Waals surface area contributed by atoms with Crippen molar-refractivity contribution in [1.29, 1.82) is 5.26 Å². The summed E-state index contributed by atoms with van der Waals surface area (Å²) in [5, 5.41) is 8.39. The van der Waals surface area contributed by atoms with Crippen molar-refractivity contribution in [1.82, 2.24) is 0 Å². The van der Waals surface area contributed by atoms with Crippen LogP contribution in [0, 0.1) is 17.1 Å². The molecule has 0 aromatic heterocycles. The fraction of sp³-hybridized carbons (Fsp3) is 0.222. The highest BCUT2D eigenvalue weighted by atomic mass is 32.2. The quantitative estimate of drug-likeness (QED) is 0.743. The lowest BCUT2D eigenvalue weighted by Crippen LogP contribution is -2.01. The molecule has 1 aromatic rings. The predicted molar refractivity (Wildman–Crippen MR) is 48.8 cm³/mol. The number of hydrogen-bond acceptors (Lipinski definition) is 3. The summed E-state index contributed by atoms with van der Waals surface area (Å²) < 4.78 is 35.2. The summed E-state index contributed by atoms with van der Waals surface area (Å²) in [7, 11) is -3.56. The minimum Gasteiger partial charge on any atom is -0.224 e. The van der Waals surface area contributed by atoms with Gasteiger partial charge in [0.2, 0.25) is 0 Å². The lowest BCUT2D eigenvalue weighted by molar-refractivity contribution is 0.570. The van der Waals surface area contributed by atoms with Crippen molar-refractivity contribution < 1.29 is 12.8 Å². The molecule has 5 heteroatoms. The van der Waals surface area contributed by atoms with Crippen molar-refractivity contribution in [2.45, 2.75) is 11.3 Å². The molecule has 0 aliphatic rings. The predicted octanol–water partition coefficient (Wildman–Crippen LogP) is 1.30. The van der Waals surface area contributed by atoms with E-state index in [1.165, 1.54) is 12.1 Å². The fourth-order valence-corrected chi connectivity index (χ4v) is 1.82. The Labute approximate surface area is 81.7 Å². The van der Waals surface area contributed by atoms with Gasteiger partial charge in [-0.15, -0.1) is 0 Å². The van der Waals surface area contributed by atoms with Crippen LogP contribution in [0.25, 0.3) is 0 Å². The van der Waals surface area contributed by atoms with Gasteiger partial charge in [0, 0.05) is 6.26 Å². The SMILES string of the molecule is CS(=O)(=O)c1cc(CC#N)ccc1F. The number of rotatable bonds is 2. The molecule has 0 spiro atoms. The summed E-state index contributed by atoms with van der Waals surface area (Å²) in [5.74, 6) is -0.783. The number of halogens is 1. The summed E-state index contributed by atoms with van der Waals surface area (Å²) in [6, 6.07) is 5.51. The van der Waals surface area contributed by atoms with Crippen molar-refractivity contribution in [2.24, 2.45) is 0 Å². The van der Waals surface area contributed by atoms with Crippen LogP contribution < -0.4 is 0 Å². The Morgan fingerprint density at radius 3 is 2.64 bits per heavy atom. The number of nitrogens with zero attached hydrogens (tertiary/aromatic N) is 1. The van der Waals surface area contributed by atoms with Gasteiger partial charge in [0.25, 0.3) is 0 Å². The van der Waals surface area contributed by atoms with E-state index in [-0.39, 0.29) is 11.3 Å². The van der Waals surface area contributed by atoms with Gasteiger partial charge in [-0.25, -0.2) is 12.8 Å². The van der Waals surface area contributed by atoms with E-state index < -0.39 is 15.7 Å². The molecule has 0 amide bonds. The minimum atomic E-state index is -3.56. The largest absolute Gasteiger partial charge is 0.224 e. The summed E-state index contributed by atoms with van der Waals surface area (Å²) in [4.78, 5) is -0.356. The maximum Gasteiger partial charge on any atom is 0.178 e. The molecule has 0 saturated carbocycles. The van der Waals surface area contributed by atoms with Crippen LogP contribution in [0.2, 0.25) is 0 Å². The molecule has 14 heavy (non-hydrogen) atoms. The monoisotopic (exact) mass is 213 g/mol. The molecule has 0 unspecified atom stereocenters. The van der Waals surface area contributed by atoms with Crippen LogP contribution in [-0.2, 0) is 16.3 Å². The summed E-state index contributed by atoms with van der Waals surface area (Å²) in [6.07, 6.45) is 1.00. The average molecular weight is 213 g/mol. The van der Waals surface area contributed by atoms with Gasteiger partial charge in [0.05, 0.1) is 12.5 Å². The first-order chi connectivity index (χ1) is 6.45. The molecule has 0 radical (unpaired) electrons. The first-order valence-corrected chi connectivity index (χ1v) is 5.69. The van der Waals surface area contributed by atoms with Gasteiger partial charge in [-0.1, -0.05) is 6.07 Å². The third-order valence-corrected chi connectivity index (χ3v) is 2.79. The normalized spacial score (nSPS) is 10.9. The van der Waals surface area contributed by atoms with Crippen molar-refractivity contribution in [2.75, 3.05) is 6.26 Å². The van der Waals surface area contributed by atoms with E-state index in [4.69, 9.17) is 5.26 Å². The molecular formula is C9H8FNO2S. The van der Waals surface area contributed by atoms with Crippen molar-refractivity contribution in [3.05, 3.63) is 29.6 Å². The highest BCUT2D eigenvalue weighted by molar-refractivity contribution is 7.90. The van der Waals surface area contributed by atoms with E-state index in [2.05, 4.69) is 0 Å². The molecule has 0 bridgehead atoms. The Kier molecular flexibility index (Phi) is 2.87. The van der Waals surface area contributed by atoms with Crippen molar-refractivity contribution >= 4 is 9.84 Å². The van der Waals surface area contributed by atoms with E-state index in [1.54, 1.807) is 0 Å². The standard InChI is InChI=1S/C9H8FNO2S/c1-14(12,13)9-6-7(4-5-11)2-3-8(9)10/h2-3,6H,4H2,1H3. The molecule has 1 aromatic carbocycles. The Hall–Kier alpha value is -1.41. The number of nitriles is 1. The van der Waals surface area contributed by atoms with E-state index in [0.29, 0.717) is 5.56 Å². The summed E-state index contributed by atoms with van der Waals surface area (Å²) in [6.45, 7) is 0. The van der Waals surface area contributed by atoms with Gasteiger partial charge < -0.3 is 0 Å². The van der Waals surface area contributed by atoms with Gasteiger partial charge >= 0.3 is 0 Å². The Morgan fingerprint density at radius 1 is 1.50 bits per heavy atom. The minimum absolute atomic E-state index is 0.0722. The zero-order valence-electron chi connectivity index (χ0n) is 7.49. The molecule has 74 valence electrons. The van der Waals surface area contributed by atoms with Crippen LogP contribution in [0.15, 0.2) is 23.1 Å². The van der Waals surface area contributed by atoms with E-state index in [9.17, 15) is 12.8 Å². The molecule has 3 nitrogen and oxygen atoms in total. The van der Waals surface area contributed by atoms with E-state index in [1.807, 2.05) is 6.07 Å². The molecule has 0 fully saturated rings. The molecule has 0 N–H and O–H groups in total. The zero-order chi connectivity index (χ0) is 10.8. The first kappa shape index (κ1) is 10.7. The second-order valence-electron chi connectivity index (χ2n) is 2.87. The Bertz CT molecular complexity index is 488.